The van der Waals surface area contributed by atoms with Crippen molar-refractivity contribution in [1.29, 1.82) is 0 Å². The molecular weight excluding hydrogens is 250 g/mol. The van der Waals surface area contributed by atoms with E-state index in [1.165, 1.54) is 23.4 Å². The molecule has 0 saturated heterocycles. The Hall–Kier alpha value is -1.23. The Bertz CT molecular complexity index is 535. The van der Waals surface area contributed by atoms with Crippen LogP contribution in [-0.4, -0.2) is 28.3 Å². The maximum Gasteiger partial charge on any atom is 0.232 e. The van der Waals surface area contributed by atoms with E-state index in [1.54, 1.807) is 13.1 Å². The predicted octanol–water partition coefficient (Wildman–Crippen LogP) is 2.18. The lowest BCUT2D eigenvalue weighted by molar-refractivity contribution is 0.300. The Kier molecular flexibility index (Phi) is 3.52. The number of ether oxygens (including phenoxy) is 1. The summed E-state index contributed by atoms with van der Waals surface area (Å²) >= 11 is 0. The molecule has 0 bridgehead atoms. The molecule has 1 aliphatic carbocycles. The Morgan fingerprint density at radius 1 is 1.39 bits per heavy atom. The average molecular weight is 269 g/mol. The molecule has 0 spiro atoms. The van der Waals surface area contributed by atoms with Crippen LogP contribution in [0.4, 0.5) is 5.69 Å². The van der Waals surface area contributed by atoms with Gasteiger partial charge >= 0.3 is 0 Å². The van der Waals surface area contributed by atoms with Crippen molar-refractivity contribution in [3.05, 3.63) is 23.8 Å². The maximum atomic E-state index is 11.6. The minimum absolute atomic E-state index is 0.672. The van der Waals surface area contributed by atoms with Gasteiger partial charge in [0, 0.05) is 13.1 Å². The fraction of sp³-hybridized carbons (Fsp3) is 0.538. The molecular formula is C13H19NO3S. The second-order valence-corrected chi connectivity index (χ2v) is 6.95. The zero-order valence-corrected chi connectivity index (χ0v) is 11.8. The molecule has 0 atom stereocenters. The van der Waals surface area contributed by atoms with E-state index in [-0.39, 0.29) is 0 Å². The molecule has 0 N–H and O–H groups in total. The lowest BCUT2D eigenvalue weighted by Gasteiger charge is -2.20. The molecule has 0 amide bonds. The SMILES string of the molecule is Cc1ccc(OCC2CC2)cc1N(C)S(C)(=O)=O. The summed E-state index contributed by atoms with van der Waals surface area (Å²) in [6, 6.07) is 5.56. The molecule has 18 heavy (non-hydrogen) atoms. The summed E-state index contributed by atoms with van der Waals surface area (Å²) in [5, 5.41) is 0. The Balaban J connectivity index is 2.19. The van der Waals surface area contributed by atoms with Crippen LogP contribution in [0.1, 0.15) is 18.4 Å². The molecule has 0 aliphatic heterocycles. The second-order valence-electron chi connectivity index (χ2n) is 4.93. The Morgan fingerprint density at radius 2 is 2.06 bits per heavy atom. The number of aryl methyl sites for hydroxylation is 1. The summed E-state index contributed by atoms with van der Waals surface area (Å²) in [6.07, 6.45) is 3.67. The molecule has 0 heterocycles. The predicted molar refractivity (Wildman–Crippen MR) is 72.6 cm³/mol. The van der Waals surface area contributed by atoms with Crippen LogP contribution in [0.3, 0.4) is 0 Å². The summed E-state index contributed by atoms with van der Waals surface area (Å²) in [7, 11) is -1.68. The van der Waals surface area contributed by atoms with Gasteiger partial charge in [-0.1, -0.05) is 6.07 Å². The normalized spacial score (nSPS) is 15.5. The number of rotatable bonds is 5. The number of hydrogen-bond acceptors (Lipinski definition) is 3. The third kappa shape index (κ3) is 3.16. The van der Waals surface area contributed by atoms with Crippen LogP contribution in [0.25, 0.3) is 0 Å². The molecule has 4 nitrogen and oxygen atoms in total. The minimum Gasteiger partial charge on any atom is -0.493 e. The van der Waals surface area contributed by atoms with Crippen LogP contribution in [-0.2, 0) is 10.0 Å². The van der Waals surface area contributed by atoms with E-state index in [9.17, 15) is 8.42 Å². The molecule has 0 unspecified atom stereocenters. The molecule has 0 radical (unpaired) electrons. The van der Waals surface area contributed by atoms with E-state index in [2.05, 4.69) is 0 Å². The largest absolute Gasteiger partial charge is 0.493 e. The van der Waals surface area contributed by atoms with Crippen LogP contribution in [0, 0.1) is 12.8 Å². The number of sulfonamides is 1. The first-order valence-corrected chi connectivity index (χ1v) is 7.90. The van der Waals surface area contributed by atoms with Crippen molar-refractivity contribution in [1.82, 2.24) is 0 Å². The van der Waals surface area contributed by atoms with Gasteiger partial charge in [-0.2, -0.15) is 0 Å². The highest BCUT2D eigenvalue weighted by atomic mass is 32.2. The van der Waals surface area contributed by atoms with E-state index in [0.29, 0.717) is 11.6 Å². The van der Waals surface area contributed by atoms with Gasteiger partial charge in [0.1, 0.15) is 5.75 Å². The molecule has 5 heteroatoms. The highest BCUT2D eigenvalue weighted by Gasteiger charge is 2.22. The highest BCUT2D eigenvalue weighted by Crippen LogP contribution is 2.31. The Labute approximate surface area is 109 Å². The van der Waals surface area contributed by atoms with Crippen molar-refractivity contribution >= 4 is 15.7 Å². The quantitative estimate of drug-likeness (QED) is 0.823. The third-order valence-electron chi connectivity index (χ3n) is 3.20. The fourth-order valence-corrected chi connectivity index (χ4v) is 2.25. The fourth-order valence-electron chi connectivity index (χ4n) is 1.70. The Morgan fingerprint density at radius 3 is 2.61 bits per heavy atom. The van der Waals surface area contributed by atoms with Crippen LogP contribution >= 0.6 is 0 Å². The lowest BCUT2D eigenvalue weighted by atomic mass is 10.2. The summed E-state index contributed by atoms with van der Waals surface area (Å²) < 4.78 is 30.1. The number of anilines is 1. The zero-order chi connectivity index (χ0) is 13.3. The standard InChI is InChI=1S/C13H19NO3S/c1-10-4-7-12(17-9-11-5-6-11)8-13(10)14(2)18(3,15)16/h4,7-8,11H,5-6,9H2,1-3H3. The first-order valence-electron chi connectivity index (χ1n) is 6.05. The van der Waals surface area contributed by atoms with Gasteiger partial charge in [-0.25, -0.2) is 8.42 Å². The molecule has 0 aromatic heterocycles. The van der Waals surface area contributed by atoms with E-state index in [4.69, 9.17) is 4.74 Å². The van der Waals surface area contributed by atoms with E-state index >= 15 is 0 Å². The van der Waals surface area contributed by atoms with Crippen LogP contribution in [0.2, 0.25) is 0 Å². The van der Waals surface area contributed by atoms with E-state index in [0.717, 1.165) is 17.9 Å². The summed E-state index contributed by atoms with van der Waals surface area (Å²) in [4.78, 5) is 0. The van der Waals surface area contributed by atoms with Crippen molar-refractivity contribution in [3.63, 3.8) is 0 Å². The van der Waals surface area contributed by atoms with Gasteiger partial charge in [-0.15, -0.1) is 0 Å². The molecule has 1 saturated carbocycles. The number of nitrogens with zero attached hydrogens (tertiary/aromatic N) is 1. The van der Waals surface area contributed by atoms with E-state index < -0.39 is 10.0 Å². The second kappa shape index (κ2) is 4.80. The topological polar surface area (TPSA) is 46.6 Å². The van der Waals surface area contributed by atoms with Gasteiger partial charge in [0.05, 0.1) is 18.6 Å². The molecule has 2 rings (SSSR count). The van der Waals surface area contributed by atoms with Crippen LogP contribution in [0.5, 0.6) is 5.75 Å². The van der Waals surface area contributed by atoms with Crippen molar-refractivity contribution < 1.29 is 13.2 Å². The molecule has 1 aliphatic rings. The van der Waals surface area contributed by atoms with Gasteiger partial charge in [-0.3, -0.25) is 4.31 Å². The van der Waals surface area contributed by atoms with Crippen molar-refractivity contribution in [3.8, 4) is 5.75 Å². The van der Waals surface area contributed by atoms with Gasteiger partial charge in [-0.05, 0) is 37.3 Å². The molecule has 1 fully saturated rings. The first-order chi connectivity index (χ1) is 8.38. The van der Waals surface area contributed by atoms with Crippen LogP contribution < -0.4 is 9.04 Å². The monoisotopic (exact) mass is 269 g/mol. The molecule has 100 valence electrons. The highest BCUT2D eigenvalue weighted by molar-refractivity contribution is 7.92. The van der Waals surface area contributed by atoms with Crippen molar-refractivity contribution in [2.45, 2.75) is 19.8 Å². The van der Waals surface area contributed by atoms with Gasteiger partial charge in [0.15, 0.2) is 0 Å². The van der Waals surface area contributed by atoms with Crippen molar-refractivity contribution in [2.24, 2.45) is 5.92 Å². The number of hydrogen-bond donors (Lipinski definition) is 0. The third-order valence-corrected chi connectivity index (χ3v) is 4.39. The lowest BCUT2D eigenvalue weighted by Crippen LogP contribution is -2.25. The van der Waals surface area contributed by atoms with Crippen LogP contribution in [0.15, 0.2) is 18.2 Å². The maximum absolute atomic E-state index is 11.6. The first kappa shape index (κ1) is 13.2. The van der Waals surface area contributed by atoms with Gasteiger partial charge in [0.2, 0.25) is 10.0 Å². The van der Waals surface area contributed by atoms with Gasteiger partial charge < -0.3 is 4.74 Å². The smallest absolute Gasteiger partial charge is 0.232 e. The van der Waals surface area contributed by atoms with Crippen molar-refractivity contribution in [2.75, 3.05) is 24.2 Å². The van der Waals surface area contributed by atoms with Gasteiger partial charge in [0.25, 0.3) is 0 Å². The minimum atomic E-state index is -3.24. The summed E-state index contributed by atoms with van der Waals surface area (Å²) in [6.45, 7) is 2.62. The summed E-state index contributed by atoms with van der Waals surface area (Å²) in [5.41, 5.74) is 1.59. The molecule has 1 aromatic carbocycles. The summed E-state index contributed by atoms with van der Waals surface area (Å²) in [5.74, 6) is 1.42. The number of benzene rings is 1. The van der Waals surface area contributed by atoms with E-state index in [1.807, 2.05) is 19.1 Å². The average Bonchev–Trinajstić information content (AvgIpc) is 3.09. The molecule has 1 aromatic rings. The zero-order valence-electron chi connectivity index (χ0n) is 11.0.